The van der Waals surface area contributed by atoms with E-state index in [0.29, 0.717) is 32.8 Å². The number of nitrogens with one attached hydrogen (secondary N) is 2. The Labute approximate surface area is 136 Å². The first-order valence-electron chi connectivity index (χ1n) is 7.10. The summed E-state index contributed by atoms with van der Waals surface area (Å²) in [5.41, 5.74) is 0.760. The monoisotopic (exact) mass is 330 g/mol. The number of halogens is 1. The molecule has 0 radical (unpaired) electrons. The number of carbonyl (C=O) groups excluding carboxylic acids is 1. The largest absolute Gasteiger partial charge is 0.491 e. The molecular weight excluding hydrogens is 308 g/mol. The Balaban J connectivity index is 0.00000242. The fourth-order valence-corrected chi connectivity index (χ4v) is 2.06. The molecule has 1 saturated heterocycles. The van der Waals surface area contributed by atoms with Crippen LogP contribution in [0.3, 0.4) is 0 Å². The van der Waals surface area contributed by atoms with Crippen LogP contribution < -0.4 is 15.4 Å². The topological polar surface area (TPSA) is 68.8 Å². The van der Waals surface area contributed by atoms with E-state index in [4.69, 9.17) is 14.2 Å². The lowest BCUT2D eigenvalue weighted by molar-refractivity contribution is -0.117. The summed E-state index contributed by atoms with van der Waals surface area (Å²) in [6.07, 6.45) is 0.409. The second-order valence-electron chi connectivity index (χ2n) is 4.84. The first-order chi connectivity index (χ1) is 10.3. The fourth-order valence-electron chi connectivity index (χ4n) is 2.06. The zero-order chi connectivity index (χ0) is 14.9. The number of methoxy groups -OCH3 is 1. The van der Waals surface area contributed by atoms with Gasteiger partial charge < -0.3 is 24.8 Å². The SMILES string of the molecule is COCCOc1ccc(NC(=O)CC2COCCN2)cc1.Cl. The minimum atomic E-state index is -0.0222. The van der Waals surface area contributed by atoms with Gasteiger partial charge in [-0.2, -0.15) is 0 Å². The van der Waals surface area contributed by atoms with Crippen molar-refractivity contribution in [1.82, 2.24) is 5.32 Å². The maximum Gasteiger partial charge on any atom is 0.226 e. The van der Waals surface area contributed by atoms with Crippen molar-refractivity contribution in [3.05, 3.63) is 24.3 Å². The molecule has 2 N–H and O–H groups in total. The lowest BCUT2D eigenvalue weighted by Crippen LogP contribution is -2.43. The molecular formula is C15H23ClN2O4. The summed E-state index contributed by atoms with van der Waals surface area (Å²) >= 11 is 0. The van der Waals surface area contributed by atoms with E-state index in [1.54, 1.807) is 7.11 Å². The maximum absolute atomic E-state index is 11.9. The van der Waals surface area contributed by atoms with Crippen molar-refractivity contribution in [2.75, 3.05) is 45.4 Å². The van der Waals surface area contributed by atoms with Crippen LogP contribution in [0.2, 0.25) is 0 Å². The van der Waals surface area contributed by atoms with Gasteiger partial charge in [-0.05, 0) is 24.3 Å². The summed E-state index contributed by atoms with van der Waals surface area (Å²) in [4.78, 5) is 11.9. The predicted molar refractivity (Wildman–Crippen MR) is 86.9 cm³/mol. The van der Waals surface area contributed by atoms with Crippen LogP contribution in [0.5, 0.6) is 5.75 Å². The molecule has 1 unspecified atom stereocenters. The molecule has 1 amide bonds. The minimum Gasteiger partial charge on any atom is -0.491 e. The van der Waals surface area contributed by atoms with Crippen molar-refractivity contribution < 1.29 is 19.0 Å². The van der Waals surface area contributed by atoms with Gasteiger partial charge >= 0.3 is 0 Å². The molecule has 1 aliphatic rings. The van der Waals surface area contributed by atoms with Crippen LogP contribution in [0.4, 0.5) is 5.69 Å². The van der Waals surface area contributed by atoms with Crippen molar-refractivity contribution in [2.45, 2.75) is 12.5 Å². The van der Waals surface area contributed by atoms with E-state index in [9.17, 15) is 4.79 Å². The minimum absolute atomic E-state index is 0. The zero-order valence-corrected chi connectivity index (χ0v) is 13.5. The molecule has 2 rings (SSSR count). The Morgan fingerprint density at radius 3 is 2.77 bits per heavy atom. The van der Waals surface area contributed by atoms with Gasteiger partial charge in [0.05, 0.1) is 19.8 Å². The highest BCUT2D eigenvalue weighted by molar-refractivity contribution is 5.91. The summed E-state index contributed by atoms with van der Waals surface area (Å²) in [5, 5.41) is 6.12. The predicted octanol–water partition coefficient (Wildman–Crippen LogP) is 1.45. The highest BCUT2D eigenvalue weighted by Gasteiger charge is 2.16. The average Bonchev–Trinajstić information content (AvgIpc) is 2.50. The highest BCUT2D eigenvalue weighted by atomic mass is 35.5. The summed E-state index contributed by atoms with van der Waals surface area (Å²) in [6.45, 7) is 3.15. The van der Waals surface area contributed by atoms with Gasteiger partial charge in [0, 0.05) is 31.8 Å². The first-order valence-corrected chi connectivity index (χ1v) is 7.10. The summed E-state index contributed by atoms with van der Waals surface area (Å²) in [7, 11) is 1.63. The molecule has 0 bridgehead atoms. The third kappa shape index (κ3) is 6.62. The number of carbonyl (C=O) groups is 1. The van der Waals surface area contributed by atoms with Gasteiger partial charge in [-0.25, -0.2) is 0 Å². The standard InChI is InChI=1S/C15H22N2O4.ClH/c1-19-8-9-21-14-4-2-12(3-5-14)17-15(18)10-13-11-20-7-6-16-13;/h2-5,13,16H,6-11H2,1H3,(H,17,18);1H. The molecule has 6 nitrogen and oxygen atoms in total. The molecule has 0 saturated carbocycles. The number of hydrogen-bond donors (Lipinski definition) is 2. The molecule has 1 aliphatic heterocycles. The molecule has 124 valence electrons. The third-order valence-electron chi connectivity index (χ3n) is 3.12. The summed E-state index contributed by atoms with van der Waals surface area (Å²) in [6, 6.07) is 7.39. The fraction of sp³-hybridized carbons (Fsp3) is 0.533. The van der Waals surface area contributed by atoms with Gasteiger partial charge in [0.25, 0.3) is 0 Å². The Kier molecular flexibility index (Phi) is 8.84. The van der Waals surface area contributed by atoms with E-state index in [2.05, 4.69) is 10.6 Å². The van der Waals surface area contributed by atoms with Crippen molar-refractivity contribution in [1.29, 1.82) is 0 Å². The highest BCUT2D eigenvalue weighted by Crippen LogP contribution is 2.16. The molecule has 22 heavy (non-hydrogen) atoms. The van der Waals surface area contributed by atoms with Crippen LogP contribution in [0.15, 0.2) is 24.3 Å². The van der Waals surface area contributed by atoms with Crippen LogP contribution in [0.1, 0.15) is 6.42 Å². The molecule has 1 atom stereocenters. The van der Waals surface area contributed by atoms with Gasteiger partial charge in [-0.3, -0.25) is 4.79 Å². The van der Waals surface area contributed by atoms with Crippen molar-refractivity contribution in [2.24, 2.45) is 0 Å². The summed E-state index contributed by atoms with van der Waals surface area (Å²) in [5.74, 6) is 0.735. The van der Waals surface area contributed by atoms with Crippen molar-refractivity contribution in [3.8, 4) is 5.75 Å². The number of amides is 1. The van der Waals surface area contributed by atoms with E-state index >= 15 is 0 Å². The van der Waals surface area contributed by atoms with Crippen LogP contribution in [0.25, 0.3) is 0 Å². The van der Waals surface area contributed by atoms with Crippen molar-refractivity contribution in [3.63, 3.8) is 0 Å². The number of ether oxygens (including phenoxy) is 3. The number of benzene rings is 1. The molecule has 7 heteroatoms. The van der Waals surface area contributed by atoms with Gasteiger partial charge in [0.1, 0.15) is 12.4 Å². The zero-order valence-electron chi connectivity index (χ0n) is 12.7. The summed E-state index contributed by atoms with van der Waals surface area (Å²) < 4.78 is 15.7. The molecule has 1 aromatic rings. The van der Waals surface area contributed by atoms with Gasteiger partial charge in [0.15, 0.2) is 0 Å². The lowest BCUT2D eigenvalue weighted by Gasteiger charge is -2.23. The van der Waals surface area contributed by atoms with E-state index in [1.165, 1.54) is 0 Å². The second-order valence-corrected chi connectivity index (χ2v) is 4.84. The van der Waals surface area contributed by atoms with E-state index in [0.717, 1.165) is 18.0 Å². The van der Waals surface area contributed by atoms with Crippen LogP contribution in [-0.2, 0) is 14.3 Å². The Morgan fingerprint density at radius 1 is 1.36 bits per heavy atom. The van der Waals surface area contributed by atoms with Crippen LogP contribution in [0, 0.1) is 0 Å². The van der Waals surface area contributed by atoms with Crippen molar-refractivity contribution >= 4 is 24.0 Å². The molecule has 0 spiro atoms. The Morgan fingerprint density at radius 2 is 2.14 bits per heavy atom. The molecule has 1 heterocycles. The molecule has 1 aromatic carbocycles. The van der Waals surface area contributed by atoms with Crippen LogP contribution >= 0.6 is 12.4 Å². The normalized spacial score (nSPS) is 17.4. The molecule has 0 aromatic heterocycles. The van der Waals surface area contributed by atoms with Gasteiger partial charge in [-0.15, -0.1) is 12.4 Å². The molecule has 0 aliphatic carbocycles. The Bertz CT molecular complexity index is 436. The van der Waals surface area contributed by atoms with Gasteiger partial charge in [-0.1, -0.05) is 0 Å². The first kappa shape index (κ1) is 18.7. The number of anilines is 1. The smallest absolute Gasteiger partial charge is 0.226 e. The number of hydrogen-bond acceptors (Lipinski definition) is 5. The molecule has 1 fully saturated rings. The average molecular weight is 331 g/mol. The maximum atomic E-state index is 11.9. The third-order valence-corrected chi connectivity index (χ3v) is 3.12. The Hall–Kier alpha value is -1.34. The quantitative estimate of drug-likeness (QED) is 0.741. The van der Waals surface area contributed by atoms with Gasteiger partial charge in [0.2, 0.25) is 5.91 Å². The van der Waals surface area contributed by atoms with E-state index in [1.807, 2.05) is 24.3 Å². The number of morpholine rings is 1. The second kappa shape index (κ2) is 10.4. The van der Waals surface area contributed by atoms with Crippen LogP contribution in [-0.4, -0.2) is 52.0 Å². The lowest BCUT2D eigenvalue weighted by atomic mass is 10.2. The van der Waals surface area contributed by atoms with E-state index in [-0.39, 0.29) is 24.4 Å². The van der Waals surface area contributed by atoms with E-state index < -0.39 is 0 Å². The number of rotatable bonds is 7.